The Morgan fingerprint density at radius 2 is 0.411 bits per heavy atom. The molecule has 0 fully saturated rings. The van der Waals surface area contributed by atoms with E-state index in [9.17, 15) is 5.26 Å². The number of para-hydroxylation sites is 4. The highest BCUT2D eigenvalue weighted by molar-refractivity contribution is 6.18. The van der Waals surface area contributed by atoms with Crippen LogP contribution in [-0.2, 0) is 0 Å². The average Bonchev–Trinajstić information content (AvgIpc) is 1.45. The van der Waals surface area contributed by atoms with Crippen LogP contribution in [0.25, 0.3) is 166 Å². The Morgan fingerprint density at radius 3 is 0.678 bits per heavy atom. The first-order valence-electron chi connectivity index (χ1n) is 30.7. The Bertz CT molecular complexity index is 5600. The third-order valence-corrected chi connectivity index (χ3v) is 18.6. The number of nitriles is 1. The Balaban J connectivity index is 1.11. The van der Waals surface area contributed by atoms with Gasteiger partial charge in [0.15, 0.2) is 0 Å². The lowest BCUT2D eigenvalue weighted by Crippen LogP contribution is -2.16. The number of hydrogen-bond acceptors (Lipinski definition) is 1. The van der Waals surface area contributed by atoms with Crippen LogP contribution in [0.3, 0.4) is 0 Å². The summed E-state index contributed by atoms with van der Waals surface area (Å²) >= 11 is 0. The summed E-state index contributed by atoms with van der Waals surface area (Å²) < 4.78 is 9.82. The van der Waals surface area contributed by atoms with Gasteiger partial charge in [0.1, 0.15) is 11.6 Å². The second-order valence-electron chi connectivity index (χ2n) is 23.4. The van der Waals surface area contributed by atoms with Crippen LogP contribution in [0.2, 0.25) is 0 Å². The van der Waals surface area contributed by atoms with E-state index in [1.165, 1.54) is 0 Å². The fourth-order valence-electron chi connectivity index (χ4n) is 14.6. The van der Waals surface area contributed by atoms with Gasteiger partial charge in [-0.2, -0.15) is 5.26 Å². The molecule has 14 aromatic carbocycles. The van der Waals surface area contributed by atoms with Crippen LogP contribution in [0.5, 0.6) is 0 Å². The number of benzene rings is 14. The first-order valence-corrected chi connectivity index (χ1v) is 30.7. The van der Waals surface area contributed by atoms with Gasteiger partial charge in [-0.05, 0) is 123 Å². The third kappa shape index (κ3) is 7.75. The zero-order valence-electron chi connectivity index (χ0n) is 48.8. The molecule has 0 spiro atoms. The van der Waals surface area contributed by atoms with E-state index in [-0.39, 0.29) is 0 Å². The van der Waals surface area contributed by atoms with Crippen molar-refractivity contribution in [2.75, 3.05) is 0 Å². The number of nitrogens with zero attached hydrogens (tertiary/aromatic N) is 5. The van der Waals surface area contributed by atoms with E-state index in [1.54, 1.807) is 0 Å². The summed E-state index contributed by atoms with van der Waals surface area (Å²) in [6.45, 7) is 0. The van der Waals surface area contributed by atoms with E-state index in [0.717, 1.165) is 166 Å². The molecule has 0 aliphatic rings. The van der Waals surface area contributed by atoms with Crippen LogP contribution in [0.4, 0.5) is 0 Å². The van der Waals surface area contributed by atoms with Crippen molar-refractivity contribution in [1.29, 1.82) is 5.26 Å². The van der Waals surface area contributed by atoms with Crippen molar-refractivity contribution in [2.24, 2.45) is 0 Å². The highest BCUT2D eigenvalue weighted by Crippen LogP contribution is 2.53. The van der Waals surface area contributed by atoms with Crippen molar-refractivity contribution in [2.45, 2.75) is 0 Å². The molecule has 0 saturated carbocycles. The zero-order valence-corrected chi connectivity index (χ0v) is 48.8. The van der Waals surface area contributed by atoms with E-state index in [2.05, 4.69) is 346 Å². The van der Waals surface area contributed by atoms with Crippen molar-refractivity contribution in [3.05, 3.63) is 327 Å². The second kappa shape index (κ2) is 20.5. The third-order valence-electron chi connectivity index (χ3n) is 18.6. The molecule has 5 heteroatoms. The predicted octanol–water partition coefficient (Wildman–Crippen LogP) is 22.3. The van der Waals surface area contributed by atoms with Gasteiger partial charge in [0.05, 0.1) is 66.9 Å². The van der Waals surface area contributed by atoms with Gasteiger partial charge in [-0.15, -0.1) is 0 Å². The second-order valence-corrected chi connectivity index (χ2v) is 23.4. The van der Waals surface area contributed by atoms with Crippen LogP contribution in [0.1, 0.15) is 5.56 Å². The van der Waals surface area contributed by atoms with E-state index in [1.807, 2.05) is 0 Å². The monoisotopic (exact) mass is 1140 g/mol. The molecular formula is C85H53N5. The molecule has 0 atom stereocenters. The topological polar surface area (TPSA) is 43.5 Å². The lowest BCUT2D eigenvalue weighted by atomic mass is 9.93. The Labute approximate surface area is 519 Å². The Morgan fingerprint density at radius 1 is 0.189 bits per heavy atom. The van der Waals surface area contributed by atoms with Gasteiger partial charge in [0.25, 0.3) is 0 Å². The molecule has 18 rings (SSSR count). The van der Waals surface area contributed by atoms with Gasteiger partial charge in [-0.3, -0.25) is 0 Å². The van der Waals surface area contributed by atoms with Crippen LogP contribution in [0, 0.1) is 11.3 Å². The van der Waals surface area contributed by atoms with Crippen LogP contribution < -0.4 is 0 Å². The van der Waals surface area contributed by atoms with E-state index >= 15 is 0 Å². The number of aromatic nitrogens is 4. The summed E-state index contributed by atoms with van der Waals surface area (Å²) in [4.78, 5) is 0. The minimum absolute atomic E-state index is 0.517. The standard InChI is InChI=1S/C85H53N5/c86-54-72-82(87-73-38-20-16-34-64(73)68-50-60(42-46-77(68)87)55-24-6-1-7-25-55)84(89-75-40-22-18-36-66(75)70-52-62(44-48-79(70)89)57-28-10-3-11-29-57)81(59-32-14-5-15-33-59)85(90-76-41-23-19-37-67(76)71-53-63(45-49-80(71)90)58-30-12-4-13-31-58)83(72)88-74-39-21-17-35-65(74)69-51-61(43-47-78(69)88)56-26-8-2-9-27-56/h1-53H. The van der Waals surface area contributed by atoms with Crippen LogP contribution in [-0.4, -0.2) is 18.3 Å². The van der Waals surface area contributed by atoms with E-state index < -0.39 is 0 Å². The van der Waals surface area contributed by atoms with Crippen LogP contribution in [0.15, 0.2) is 322 Å². The van der Waals surface area contributed by atoms with E-state index in [0.29, 0.717) is 5.56 Å². The van der Waals surface area contributed by atoms with E-state index in [4.69, 9.17) is 0 Å². The summed E-state index contributed by atoms with van der Waals surface area (Å²) in [5, 5.41) is 22.0. The molecule has 0 bridgehead atoms. The van der Waals surface area contributed by atoms with Crippen molar-refractivity contribution in [3.8, 4) is 84.5 Å². The molecule has 4 heterocycles. The molecule has 18 aromatic rings. The summed E-state index contributed by atoms with van der Waals surface area (Å²) in [6, 6.07) is 119. The maximum absolute atomic E-state index is 13.3. The summed E-state index contributed by atoms with van der Waals surface area (Å²) in [7, 11) is 0. The number of fused-ring (bicyclic) bond motifs is 12. The SMILES string of the molecule is N#Cc1c(-n2c3ccccc3c3cc(-c4ccccc4)ccc32)c(-n2c3ccccc3c3cc(-c4ccccc4)ccc32)c(-c2ccccc2)c(-n2c3ccccc3c3cc(-c4ccccc4)ccc32)c1-n1c2ccccc2c2cc(-c3ccccc3)ccc21. The minimum Gasteiger partial charge on any atom is -0.306 e. The van der Waals surface area contributed by atoms with Crippen molar-refractivity contribution >= 4 is 87.2 Å². The first kappa shape index (κ1) is 51.0. The zero-order chi connectivity index (χ0) is 59.4. The highest BCUT2D eigenvalue weighted by atomic mass is 15.1. The molecule has 0 aliphatic carbocycles. The van der Waals surface area contributed by atoms with Gasteiger partial charge in [0.2, 0.25) is 0 Å². The van der Waals surface area contributed by atoms with Gasteiger partial charge < -0.3 is 18.3 Å². The molecule has 418 valence electrons. The minimum atomic E-state index is 0.517. The molecule has 0 amide bonds. The molecular weight excluding hydrogens is 1090 g/mol. The van der Waals surface area contributed by atoms with Gasteiger partial charge in [0, 0.05) is 48.7 Å². The molecule has 90 heavy (non-hydrogen) atoms. The lowest BCUT2D eigenvalue weighted by Gasteiger charge is -2.29. The molecule has 0 radical (unpaired) electrons. The normalized spacial score (nSPS) is 11.8. The number of hydrogen-bond donors (Lipinski definition) is 0. The summed E-state index contributed by atoms with van der Waals surface area (Å²) in [5.41, 5.74) is 22.8. The summed E-state index contributed by atoms with van der Waals surface area (Å²) in [5.74, 6) is 0. The Hall–Kier alpha value is -12.2. The van der Waals surface area contributed by atoms with Crippen LogP contribution >= 0.6 is 0 Å². The fraction of sp³-hybridized carbons (Fsp3) is 0. The molecule has 4 aromatic heterocycles. The van der Waals surface area contributed by atoms with Crippen molar-refractivity contribution in [3.63, 3.8) is 0 Å². The van der Waals surface area contributed by atoms with Crippen molar-refractivity contribution < 1.29 is 0 Å². The van der Waals surface area contributed by atoms with Gasteiger partial charge in [-0.25, -0.2) is 0 Å². The molecule has 5 nitrogen and oxygen atoms in total. The smallest absolute Gasteiger partial charge is 0.104 e. The molecule has 0 saturated heterocycles. The molecule has 0 unspecified atom stereocenters. The molecule has 0 N–H and O–H groups in total. The molecule has 0 aliphatic heterocycles. The van der Waals surface area contributed by atoms with Gasteiger partial charge >= 0.3 is 0 Å². The van der Waals surface area contributed by atoms with Crippen molar-refractivity contribution in [1.82, 2.24) is 18.3 Å². The quantitative estimate of drug-likeness (QED) is 0.142. The maximum atomic E-state index is 13.3. The Kier molecular flexibility index (Phi) is 11.6. The largest absolute Gasteiger partial charge is 0.306 e. The first-order chi connectivity index (χ1) is 44.7. The average molecular weight is 1140 g/mol. The van der Waals surface area contributed by atoms with Gasteiger partial charge in [-0.1, -0.05) is 249 Å². The summed E-state index contributed by atoms with van der Waals surface area (Å²) in [6.07, 6.45) is 0. The lowest BCUT2D eigenvalue weighted by molar-refractivity contribution is 1.04. The number of rotatable bonds is 9. The maximum Gasteiger partial charge on any atom is 0.104 e. The predicted molar refractivity (Wildman–Crippen MR) is 376 cm³/mol. The fourth-order valence-corrected chi connectivity index (χ4v) is 14.6. The highest BCUT2D eigenvalue weighted by Gasteiger charge is 2.35.